The summed E-state index contributed by atoms with van der Waals surface area (Å²) in [5, 5.41) is 6.55. The van der Waals surface area contributed by atoms with Crippen LogP contribution < -0.4 is 16.5 Å². The number of para-hydroxylation sites is 1. The van der Waals surface area contributed by atoms with Gasteiger partial charge in [0.05, 0.1) is 11.8 Å². The molecule has 0 aromatic heterocycles. The van der Waals surface area contributed by atoms with Crippen LogP contribution >= 0.6 is 0 Å². The van der Waals surface area contributed by atoms with Crippen molar-refractivity contribution in [1.29, 1.82) is 0 Å². The number of hydrogen-bond donors (Lipinski definition) is 3. The third-order valence-corrected chi connectivity index (χ3v) is 2.82. The number of nitrogens with two attached hydrogens (primary N) is 1. The van der Waals surface area contributed by atoms with Crippen molar-refractivity contribution in [2.24, 2.45) is 5.10 Å². The summed E-state index contributed by atoms with van der Waals surface area (Å²) in [5.41, 5.74) is 10.4. The Hall–Kier alpha value is -3.15. The smallest absolute Gasteiger partial charge is 0.273 e. The highest BCUT2D eigenvalue weighted by molar-refractivity contribution is 5.99. The highest BCUT2D eigenvalue weighted by Gasteiger charge is 2.06. The van der Waals surface area contributed by atoms with Crippen molar-refractivity contribution in [3.05, 3.63) is 59.7 Å². The lowest BCUT2D eigenvalue weighted by Gasteiger charge is -2.03. The van der Waals surface area contributed by atoms with Crippen molar-refractivity contribution < 1.29 is 9.59 Å². The highest BCUT2D eigenvalue weighted by Crippen LogP contribution is 2.10. The van der Waals surface area contributed by atoms with Gasteiger partial charge in [-0.15, -0.1) is 0 Å². The number of anilines is 2. The number of nitrogens with one attached hydrogen (secondary N) is 2. The molecule has 2 rings (SSSR count). The minimum Gasteiger partial charge on any atom is -0.398 e. The summed E-state index contributed by atoms with van der Waals surface area (Å²) in [6.07, 6.45) is 1.51. The summed E-state index contributed by atoms with van der Waals surface area (Å²) in [5.74, 6) is -0.502. The molecule has 0 heterocycles. The van der Waals surface area contributed by atoms with Crippen LogP contribution in [0.2, 0.25) is 0 Å². The standard InChI is InChI=1S/C16H16N4O2/c1-11(21)19-13-8-6-12(7-9-13)10-18-20-16(22)14-4-2-3-5-15(14)17/h2-10H,17H2,1H3,(H,19,21)(H,20,22)/b18-10+. The molecule has 6 heteroatoms. The molecule has 0 atom stereocenters. The number of hydrogen-bond acceptors (Lipinski definition) is 4. The van der Waals surface area contributed by atoms with Crippen LogP contribution in [0.25, 0.3) is 0 Å². The van der Waals surface area contributed by atoms with E-state index < -0.39 is 0 Å². The van der Waals surface area contributed by atoms with Crippen molar-refractivity contribution in [3.8, 4) is 0 Å². The summed E-state index contributed by atoms with van der Waals surface area (Å²) < 4.78 is 0. The van der Waals surface area contributed by atoms with Crippen LogP contribution in [-0.2, 0) is 4.79 Å². The van der Waals surface area contributed by atoms with Crippen LogP contribution in [0.1, 0.15) is 22.8 Å². The van der Waals surface area contributed by atoms with Crippen molar-refractivity contribution in [1.82, 2.24) is 5.43 Å². The third kappa shape index (κ3) is 4.17. The van der Waals surface area contributed by atoms with E-state index in [1.807, 2.05) is 0 Å². The molecular formula is C16H16N4O2. The van der Waals surface area contributed by atoms with Gasteiger partial charge in [-0.05, 0) is 29.8 Å². The molecule has 112 valence electrons. The first-order valence-electron chi connectivity index (χ1n) is 6.62. The maximum atomic E-state index is 11.9. The van der Waals surface area contributed by atoms with Crippen LogP contribution in [0.3, 0.4) is 0 Å². The van der Waals surface area contributed by atoms with Gasteiger partial charge in [0.2, 0.25) is 5.91 Å². The number of hydrazone groups is 1. The summed E-state index contributed by atoms with van der Waals surface area (Å²) >= 11 is 0. The molecule has 6 nitrogen and oxygen atoms in total. The number of nitrogens with zero attached hydrogens (tertiary/aromatic N) is 1. The van der Waals surface area contributed by atoms with Gasteiger partial charge in [-0.25, -0.2) is 5.43 Å². The molecule has 0 saturated carbocycles. The van der Waals surface area contributed by atoms with E-state index in [4.69, 9.17) is 5.73 Å². The minimum absolute atomic E-state index is 0.130. The van der Waals surface area contributed by atoms with Gasteiger partial charge in [0.15, 0.2) is 0 Å². The Morgan fingerprint density at radius 2 is 1.77 bits per heavy atom. The largest absolute Gasteiger partial charge is 0.398 e. The van der Waals surface area contributed by atoms with E-state index in [9.17, 15) is 9.59 Å². The van der Waals surface area contributed by atoms with E-state index in [2.05, 4.69) is 15.8 Å². The second-order valence-electron chi connectivity index (χ2n) is 4.59. The number of benzene rings is 2. The first-order chi connectivity index (χ1) is 10.6. The van der Waals surface area contributed by atoms with Gasteiger partial charge in [-0.3, -0.25) is 9.59 Å². The molecule has 4 N–H and O–H groups in total. The second kappa shape index (κ2) is 7.03. The molecule has 0 radical (unpaired) electrons. The Bertz CT molecular complexity index is 708. The van der Waals surface area contributed by atoms with Crippen LogP contribution in [-0.4, -0.2) is 18.0 Å². The minimum atomic E-state index is -0.371. The van der Waals surface area contributed by atoms with E-state index in [0.717, 1.165) is 5.56 Å². The summed E-state index contributed by atoms with van der Waals surface area (Å²) in [6, 6.07) is 13.8. The number of carbonyl (C=O) groups excluding carboxylic acids is 2. The molecule has 0 unspecified atom stereocenters. The predicted molar refractivity (Wildman–Crippen MR) is 86.7 cm³/mol. The SMILES string of the molecule is CC(=O)Nc1ccc(/C=N/NC(=O)c2ccccc2N)cc1. The van der Waals surface area contributed by atoms with Gasteiger partial charge in [-0.2, -0.15) is 5.10 Å². The van der Waals surface area contributed by atoms with Crippen molar-refractivity contribution >= 4 is 29.4 Å². The molecule has 2 aromatic rings. The van der Waals surface area contributed by atoms with E-state index in [0.29, 0.717) is 16.9 Å². The van der Waals surface area contributed by atoms with E-state index >= 15 is 0 Å². The van der Waals surface area contributed by atoms with E-state index in [1.165, 1.54) is 13.1 Å². The molecule has 0 fully saturated rings. The van der Waals surface area contributed by atoms with Crippen molar-refractivity contribution in [3.63, 3.8) is 0 Å². The Morgan fingerprint density at radius 1 is 1.09 bits per heavy atom. The quantitative estimate of drug-likeness (QED) is 0.457. The monoisotopic (exact) mass is 296 g/mol. The summed E-state index contributed by atoms with van der Waals surface area (Å²) in [6.45, 7) is 1.44. The fourth-order valence-electron chi connectivity index (χ4n) is 1.79. The van der Waals surface area contributed by atoms with Crippen LogP contribution in [0.15, 0.2) is 53.6 Å². The van der Waals surface area contributed by atoms with Gasteiger partial charge < -0.3 is 11.1 Å². The van der Waals surface area contributed by atoms with Crippen LogP contribution in [0.4, 0.5) is 11.4 Å². The summed E-state index contributed by atoms with van der Waals surface area (Å²) in [7, 11) is 0. The van der Waals surface area contributed by atoms with Crippen molar-refractivity contribution in [2.75, 3.05) is 11.1 Å². The Balaban J connectivity index is 1.96. The molecule has 0 aliphatic heterocycles. The average Bonchev–Trinajstić information content (AvgIpc) is 2.49. The maximum absolute atomic E-state index is 11.9. The predicted octanol–water partition coefficient (Wildman–Crippen LogP) is 1.99. The zero-order valence-electron chi connectivity index (χ0n) is 12.0. The molecule has 0 saturated heterocycles. The molecule has 22 heavy (non-hydrogen) atoms. The van der Waals surface area contributed by atoms with Gasteiger partial charge in [0.1, 0.15) is 0 Å². The fourth-order valence-corrected chi connectivity index (χ4v) is 1.79. The Morgan fingerprint density at radius 3 is 2.41 bits per heavy atom. The first kappa shape index (κ1) is 15.2. The van der Waals surface area contributed by atoms with Gasteiger partial charge in [0, 0.05) is 18.3 Å². The van der Waals surface area contributed by atoms with Crippen molar-refractivity contribution in [2.45, 2.75) is 6.92 Å². The molecule has 0 aliphatic carbocycles. The van der Waals surface area contributed by atoms with Gasteiger partial charge in [-0.1, -0.05) is 24.3 Å². The molecule has 2 amide bonds. The molecule has 2 aromatic carbocycles. The lowest BCUT2D eigenvalue weighted by atomic mass is 10.2. The average molecular weight is 296 g/mol. The maximum Gasteiger partial charge on any atom is 0.273 e. The molecular weight excluding hydrogens is 280 g/mol. The van der Waals surface area contributed by atoms with E-state index in [-0.39, 0.29) is 11.8 Å². The highest BCUT2D eigenvalue weighted by atomic mass is 16.2. The topological polar surface area (TPSA) is 96.6 Å². The lowest BCUT2D eigenvalue weighted by molar-refractivity contribution is -0.114. The molecule has 0 bridgehead atoms. The van der Waals surface area contributed by atoms with Gasteiger partial charge >= 0.3 is 0 Å². The molecule has 0 aliphatic rings. The zero-order chi connectivity index (χ0) is 15.9. The van der Waals surface area contributed by atoms with Crippen LogP contribution in [0, 0.1) is 0 Å². The van der Waals surface area contributed by atoms with E-state index in [1.54, 1.807) is 48.5 Å². The van der Waals surface area contributed by atoms with Crippen LogP contribution in [0.5, 0.6) is 0 Å². The zero-order valence-corrected chi connectivity index (χ0v) is 12.0. The van der Waals surface area contributed by atoms with Gasteiger partial charge in [0.25, 0.3) is 5.91 Å². The Labute approximate surface area is 128 Å². The Kier molecular flexibility index (Phi) is 4.87. The third-order valence-electron chi connectivity index (χ3n) is 2.82. The second-order valence-corrected chi connectivity index (χ2v) is 4.59. The number of nitrogen functional groups attached to an aromatic ring is 1. The first-order valence-corrected chi connectivity index (χ1v) is 6.62. The normalized spacial score (nSPS) is 10.4. The molecule has 0 spiro atoms. The summed E-state index contributed by atoms with van der Waals surface area (Å²) in [4.78, 5) is 22.8. The fraction of sp³-hybridized carbons (Fsp3) is 0.0625. The number of amides is 2. The number of carbonyl (C=O) groups is 2. The number of rotatable bonds is 4. The lowest BCUT2D eigenvalue weighted by Crippen LogP contribution is -2.19.